The van der Waals surface area contributed by atoms with Crippen LogP contribution >= 0.6 is 11.6 Å². The van der Waals surface area contributed by atoms with Crippen LogP contribution < -0.4 is 11.1 Å². The van der Waals surface area contributed by atoms with Gasteiger partial charge in [0.15, 0.2) is 11.6 Å². The standard InChI is InChI=1S/C24H21ClFN3O/c1-24(2,27)16-4-6-17(7-5-16)29-22-9-10-28-21-8-3-14(11-18(21)22)15-12-19(25)23(30)20(26)13-15/h3-13,30H,27H2,1-2H3,(H,28,29). The molecule has 30 heavy (non-hydrogen) atoms. The van der Waals surface area contributed by atoms with E-state index in [1.165, 1.54) is 12.1 Å². The molecule has 0 saturated carbocycles. The van der Waals surface area contributed by atoms with Gasteiger partial charge >= 0.3 is 0 Å². The molecule has 0 unspecified atom stereocenters. The molecular formula is C24H21ClFN3O. The minimum absolute atomic E-state index is 0.0300. The lowest BCUT2D eigenvalue weighted by atomic mass is 9.95. The molecule has 4 nitrogen and oxygen atoms in total. The van der Waals surface area contributed by atoms with Crippen molar-refractivity contribution in [3.8, 4) is 16.9 Å². The van der Waals surface area contributed by atoms with Crippen molar-refractivity contribution in [3.63, 3.8) is 0 Å². The van der Waals surface area contributed by atoms with Gasteiger partial charge in [-0.2, -0.15) is 0 Å². The molecule has 0 aliphatic carbocycles. The van der Waals surface area contributed by atoms with Crippen LogP contribution in [0.4, 0.5) is 15.8 Å². The first-order valence-corrected chi connectivity index (χ1v) is 9.84. The molecule has 0 aliphatic heterocycles. The second-order valence-corrected chi connectivity index (χ2v) is 8.21. The molecule has 0 atom stereocenters. The minimum Gasteiger partial charge on any atom is -0.504 e. The third-order valence-electron chi connectivity index (χ3n) is 5.00. The molecule has 4 N–H and O–H groups in total. The van der Waals surface area contributed by atoms with Crippen molar-refractivity contribution in [2.75, 3.05) is 5.32 Å². The number of aromatic hydroxyl groups is 1. The van der Waals surface area contributed by atoms with Crippen molar-refractivity contribution < 1.29 is 9.50 Å². The normalized spacial score (nSPS) is 11.6. The summed E-state index contributed by atoms with van der Waals surface area (Å²) in [5.74, 6) is -1.31. The van der Waals surface area contributed by atoms with Gasteiger partial charge in [-0.3, -0.25) is 4.98 Å². The van der Waals surface area contributed by atoms with E-state index < -0.39 is 17.1 Å². The van der Waals surface area contributed by atoms with Crippen molar-refractivity contribution in [1.29, 1.82) is 0 Å². The molecule has 0 aliphatic rings. The Balaban J connectivity index is 1.73. The third-order valence-corrected chi connectivity index (χ3v) is 5.29. The number of hydrogen-bond donors (Lipinski definition) is 3. The van der Waals surface area contributed by atoms with E-state index in [9.17, 15) is 9.50 Å². The molecule has 1 aromatic heterocycles. The number of nitrogens with zero attached hydrogens (tertiary/aromatic N) is 1. The van der Waals surface area contributed by atoms with E-state index in [2.05, 4.69) is 10.3 Å². The molecule has 4 aromatic rings. The fourth-order valence-electron chi connectivity index (χ4n) is 3.31. The number of hydrogen-bond acceptors (Lipinski definition) is 4. The number of halogens is 2. The van der Waals surface area contributed by atoms with Gasteiger partial charge in [-0.25, -0.2) is 4.39 Å². The fraction of sp³-hybridized carbons (Fsp3) is 0.125. The molecule has 0 fully saturated rings. The van der Waals surface area contributed by atoms with Crippen LogP contribution in [0.25, 0.3) is 22.0 Å². The number of nitrogens with two attached hydrogens (primary N) is 1. The quantitative estimate of drug-likeness (QED) is 0.359. The lowest BCUT2D eigenvalue weighted by Crippen LogP contribution is -2.28. The Labute approximate surface area is 179 Å². The van der Waals surface area contributed by atoms with Crippen LogP contribution in [-0.4, -0.2) is 10.1 Å². The summed E-state index contributed by atoms with van der Waals surface area (Å²) in [4.78, 5) is 4.42. The van der Waals surface area contributed by atoms with Crippen LogP contribution in [0.15, 0.2) is 66.9 Å². The Morgan fingerprint density at radius 3 is 2.40 bits per heavy atom. The Morgan fingerprint density at radius 1 is 1.00 bits per heavy atom. The van der Waals surface area contributed by atoms with Crippen LogP contribution in [0.3, 0.4) is 0 Å². The van der Waals surface area contributed by atoms with Crippen LogP contribution in [0.5, 0.6) is 5.75 Å². The third kappa shape index (κ3) is 3.95. The van der Waals surface area contributed by atoms with Crippen LogP contribution in [0.1, 0.15) is 19.4 Å². The molecule has 0 bridgehead atoms. The Kier molecular flexibility index (Phi) is 5.10. The summed E-state index contributed by atoms with van der Waals surface area (Å²) in [5.41, 5.74) is 10.7. The second-order valence-electron chi connectivity index (χ2n) is 7.80. The predicted octanol–water partition coefficient (Wildman–Crippen LogP) is 6.34. The number of phenolic OH excluding ortho intramolecular Hbond substituents is 1. The van der Waals surface area contributed by atoms with Gasteiger partial charge in [-0.1, -0.05) is 29.8 Å². The number of rotatable bonds is 4. The number of pyridine rings is 1. The van der Waals surface area contributed by atoms with Crippen molar-refractivity contribution in [2.45, 2.75) is 19.4 Å². The van der Waals surface area contributed by atoms with Gasteiger partial charge in [0.2, 0.25) is 0 Å². The van der Waals surface area contributed by atoms with Crippen LogP contribution in [-0.2, 0) is 5.54 Å². The molecule has 152 valence electrons. The molecule has 6 heteroatoms. The summed E-state index contributed by atoms with van der Waals surface area (Å²) in [5, 5.41) is 13.9. The smallest absolute Gasteiger partial charge is 0.170 e. The fourth-order valence-corrected chi connectivity index (χ4v) is 3.51. The van der Waals surface area contributed by atoms with Gasteiger partial charge in [0.25, 0.3) is 0 Å². The molecule has 0 radical (unpaired) electrons. The summed E-state index contributed by atoms with van der Waals surface area (Å²) in [7, 11) is 0. The number of fused-ring (bicyclic) bond motifs is 1. The van der Waals surface area contributed by atoms with Crippen LogP contribution in [0, 0.1) is 5.82 Å². The highest BCUT2D eigenvalue weighted by Gasteiger charge is 2.14. The van der Waals surface area contributed by atoms with E-state index >= 15 is 0 Å². The zero-order valence-electron chi connectivity index (χ0n) is 16.6. The highest BCUT2D eigenvalue weighted by atomic mass is 35.5. The maximum absolute atomic E-state index is 14.0. The van der Waals surface area contributed by atoms with Gasteiger partial charge in [0, 0.05) is 28.5 Å². The summed E-state index contributed by atoms with van der Waals surface area (Å²) < 4.78 is 14.0. The number of aromatic nitrogens is 1. The topological polar surface area (TPSA) is 71.2 Å². The van der Waals surface area contributed by atoms with E-state index in [1.807, 2.05) is 62.4 Å². The molecule has 0 saturated heterocycles. The highest BCUT2D eigenvalue weighted by Crippen LogP contribution is 2.35. The first kappa shape index (κ1) is 20.1. The number of phenols is 1. The van der Waals surface area contributed by atoms with Gasteiger partial charge in [0.1, 0.15) is 0 Å². The monoisotopic (exact) mass is 421 g/mol. The zero-order chi connectivity index (χ0) is 21.5. The maximum atomic E-state index is 14.0. The average molecular weight is 422 g/mol. The molecule has 3 aromatic carbocycles. The Bertz CT molecular complexity index is 1210. The van der Waals surface area contributed by atoms with Crippen molar-refractivity contribution in [1.82, 2.24) is 4.98 Å². The largest absolute Gasteiger partial charge is 0.504 e. The molecule has 0 amide bonds. The van der Waals surface area contributed by atoms with E-state index in [1.54, 1.807) is 6.20 Å². The lowest BCUT2D eigenvalue weighted by molar-refractivity contribution is 0.433. The molecule has 4 rings (SSSR count). The Hall–Kier alpha value is -3.15. The van der Waals surface area contributed by atoms with Gasteiger partial charge < -0.3 is 16.2 Å². The van der Waals surface area contributed by atoms with Gasteiger partial charge in [-0.05, 0) is 73.0 Å². The number of nitrogens with one attached hydrogen (secondary N) is 1. The summed E-state index contributed by atoms with van der Waals surface area (Å²) in [6.45, 7) is 3.93. The SMILES string of the molecule is CC(C)(N)c1ccc(Nc2ccnc3ccc(-c4cc(F)c(O)c(Cl)c4)cc23)cc1. The minimum atomic E-state index is -0.759. The van der Waals surface area contributed by atoms with E-state index in [0.717, 1.165) is 33.4 Å². The molecule has 0 spiro atoms. The highest BCUT2D eigenvalue weighted by molar-refractivity contribution is 6.32. The van der Waals surface area contributed by atoms with Crippen molar-refractivity contribution >= 4 is 33.9 Å². The lowest BCUT2D eigenvalue weighted by Gasteiger charge is -2.19. The first-order chi connectivity index (χ1) is 14.2. The van der Waals surface area contributed by atoms with Gasteiger partial charge in [0.05, 0.1) is 10.5 Å². The summed E-state index contributed by atoms with van der Waals surface area (Å²) >= 11 is 5.95. The summed E-state index contributed by atoms with van der Waals surface area (Å²) in [6, 6.07) is 18.3. The number of anilines is 2. The first-order valence-electron chi connectivity index (χ1n) is 9.46. The zero-order valence-corrected chi connectivity index (χ0v) is 17.3. The molecule has 1 heterocycles. The average Bonchev–Trinajstić information content (AvgIpc) is 2.71. The summed E-state index contributed by atoms with van der Waals surface area (Å²) in [6.07, 6.45) is 1.73. The number of benzene rings is 3. The maximum Gasteiger partial charge on any atom is 0.170 e. The Morgan fingerprint density at radius 2 is 1.73 bits per heavy atom. The second kappa shape index (κ2) is 7.59. The van der Waals surface area contributed by atoms with Crippen molar-refractivity contribution in [2.24, 2.45) is 5.73 Å². The van der Waals surface area contributed by atoms with E-state index in [0.29, 0.717) is 5.56 Å². The van der Waals surface area contributed by atoms with Crippen molar-refractivity contribution in [3.05, 3.63) is 83.3 Å². The van der Waals surface area contributed by atoms with Gasteiger partial charge in [-0.15, -0.1) is 0 Å². The molecular weight excluding hydrogens is 401 g/mol. The van der Waals surface area contributed by atoms with Crippen LogP contribution in [0.2, 0.25) is 5.02 Å². The van der Waals surface area contributed by atoms with E-state index in [4.69, 9.17) is 17.3 Å². The van der Waals surface area contributed by atoms with E-state index in [-0.39, 0.29) is 5.02 Å². The predicted molar refractivity (Wildman–Crippen MR) is 121 cm³/mol.